The molecule has 0 fully saturated rings. The number of halogens is 1. The summed E-state index contributed by atoms with van der Waals surface area (Å²) < 4.78 is 0. The molecule has 0 saturated heterocycles. The van der Waals surface area contributed by atoms with Crippen LogP contribution in [-0.4, -0.2) is 11.8 Å². The van der Waals surface area contributed by atoms with Crippen molar-refractivity contribution < 1.29 is 9.59 Å². The van der Waals surface area contributed by atoms with Crippen LogP contribution in [0, 0.1) is 5.41 Å². The Morgan fingerprint density at radius 2 is 1.48 bits per heavy atom. The second-order valence-electron chi connectivity index (χ2n) is 6.25. The van der Waals surface area contributed by atoms with Gasteiger partial charge in [-0.05, 0) is 42.5 Å². The Morgan fingerprint density at radius 1 is 0.913 bits per heavy atom. The molecule has 0 spiro atoms. The Labute approximate surface area is 140 Å². The summed E-state index contributed by atoms with van der Waals surface area (Å²) in [6.45, 7) is 5.53. The molecule has 0 aromatic heterocycles. The van der Waals surface area contributed by atoms with Gasteiger partial charge in [0.15, 0.2) is 0 Å². The van der Waals surface area contributed by atoms with Gasteiger partial charge in [-0.3, -0.25) is 9.59 Å². The van der Waals surface area contributed by atoms with Crippen LogP contribution in [0.2, 0.25) is 5.02 Å². The molecule has 2 amide bonds. The normalized spacial score (nSPS) is 11.0. The highest BCUT2D eigenvalue weighted by molar-refractivity contribution is 6.30. The summed E-state index contributed by atoms with van der Waals surface area (Å²) in [4.78, 5) is 24.2. The molecular formula is C18H19ClN2O2. The largest absolute Gasteiger partial charge is 0.326 e. The third-order valence-electron chi connectivity index (χ3n) is 3.17. The summed E-state index contributed by atoms with van der Waals surface area (Å²) >= 11 is 5.81. The molecular weight excluding hydrogens is 312 g/mol. The van der Waals surface area contributed by atoms with E-state index >= 15 is 0 Å². The average molecular weight is 331 g/mol. The lowest BCUT2D eigenvalue weighted by Gasteiger charge is -2.18. The van der Waals surface area contributed by atoms with Crippen LogP contribution in [0.1, 0.15) is 31.1 Å². The summed E-state index contributed by atoms with van der Waals surface area (Å²) in [6.07, 6.45) is 0. The summed E-state index contributed by atoms with van der Waals surface area (Å²) in [7, 11) is 0. The second-order valence-corrected chi connectivity index (χ2v) is 6.68. The third kappa shape index (κ3) is 4.83. The van der Waals surface area contributed by atoms with Crippen LogP contribution in [0.25, 0.3) is 0 Å². The van der Waals surface area contributed by atoms with E-state index in [4.69, 9.17) is 11.6 Å². The number of carbonyl (C=O) groups excluding carboxylic acids is 2. The molecule has 2 N–H and O–H groups in total. The number of rotatable bonds is 3. The van der Waals surface area contributed by atoms with Crippen molar-refractivity contribution in [2.45, 2.75) is 20.8 Å². The Balaban J connectivity index is 2.09. The van der Waals surface area contributed by atoms with Crippen molar-refractivity contribution in [2.75, 3.05) is 10.6 Å². The summed E-state index contributed by atoms with van der Waals surface area (Å²) in [5, 5.41) is 6.21. The molecule has 0 heterocycles. The number of carbonyl (C=O) groups is 2. The molecule has 2 aromatic carbocycles. The first kappa shape index (κ1) is 17.0. The van der Waals surface area contributed by atoms with Crippen molar-refractivity contribution in [3.05, 3.63) is 59.1 Å². The Kier molecular flexibility index (Phi) is 5.06. The topological polar surface area (TPSA) is 58.2 Å². The highest BCUT2D eigenvalue weighted by Gasteiger charge is 2.21. The van der Waals surface area contributed by atoms with E-state index in [9.17, 15) is 9.59 Å². The molecule has 0 atom stereocenters. The summed E-state index contributed by atoms with van der Waals surface area (Å²) in [5.41, 5.74) is 1.27. The van der Waals surface area contributed by atoms with Crippen LogP contribution in [0.5, 0.6) is 0 Å². The molecule has 0 aliphatic heterocycles. The number of hydrogen-bond donors (Lipinski definition) is 2. The molecule has 5 heteroatoms. The average Bonchev–Trinajstić information content (AvgIpc) is 2.47. The molecule has 0 saturated carbocycles. The fourth-order valence-electron chi connectivity index (χ4n) is 1.80. The van der Waals surface area contributed by atoms with Gasteiger partial charge in [0.25, 0.3) is 5.91 Å². The first-order chi connectivity index (χ1) is 10.8. The highest BCUT2D eigenvalue weighted by atomic mass is 35.5. The number of anilines is 2. The maximum atomic E-state index is 12.2. The van der Waals surface area contributed by atoms with E-state index in [2.05, 4.69) is 10.6 Å². The zero-order valence-electron chi connectivity index (χ0n) is 13.3. The van der Waals surface area contributed by atoms with Gasteiger partial charge in [-0.15, -0.1) is 0 Å². The lowest BCUT2D eigenvalue weighted by molar-refractivity contribution is -0.123. The van der Waals surface area contributed by atoms with Gasteiger partial charge in [0.05, 0.1) is 0 Å². The van der Waals surface area contributed by atoms with E-state index < -0.39 is 5.41 Å². The van der Waals surface area contributed by atoms with E-state index in [0.717, 1.165) is 0 Å². The zero-order valence-corrected chi connectivity index (χ0v) is 14.1. The maximum absolute atomic E-state index is 12.2. The van der Waals surface area contributed by atoms with Crippen molar-refractivity contribution in [1.29, 1.82) is 0 Å². The van der Waals surface area contributed by atoms with E-state index in [1.807, 2.05) is 20.8 Å². The SMILES string of the molecule is CC(C)(C)C(=O)Nc1cccc(NC(=O)c2ccc(Cl)cc2)c1. The molecule has 0 aliphatic rings. The fraction of sp³-hybridized carbons (Fsp3) is 0.222. The molecule has 120 valence electrons. The van der Waals surface area contributed by atoms with Crippen LogP contribution in [0.4, 0.5) is 11.4 Å². The molecule has 23 heavy (non-hydrogen) atoms. The smallest absolute Gasteiger partial charge is 0.255 e. The number of amides is 2. The van der Waals surface area contributed by atoms with E-state index in [-0.39, 0.29) is 11.8 Å². The third-order valence-corrected chi connectivity index (χ3v) is 3.42. The first-order valence-corrected chi connectivity index (χ1v) is 7.62. The fourth-order valence-corrected chi connectivity index (χ4v) is 1.92. The predicted octanol–water partition coefficient (Wildman–Crippen LogP) is 4.58. The van der Waals surface area contributed by atoms with E-state index in [0.29, 0.717) is 22.0 Å². The molecule has 0 unspecified atom stereocenters. The monoisotopic (exact) mass is 330 g/mol. The predicted molar refractivity (Wildman–Crippen MR) is 93.9 cm³/mol. The van der Waals surface area contributed by atoms with E-state index in [1.165, 1.54) is 0 Å². The van der Waals surface area contributed by atoms with Gasteiger partial charge in [0.2, 0.25) is 5.91 Å². The van der Waals surface area contributed by atoms with Crippen molar-refractivity contribution in [2.24, 2.45) is 5.41 Å². The molecule has 0 radical (unpaired) electrons. The second kappa shape index (κ2) is 6.84. The van der Waals surface area contributed by atoms with Gasteiger partial charge in [-0.25, -0.2) is 0 Å². The minimum Gasteiger partial charge on any atom is -0.326 e. The standard InChI is InChI=1S/C18H19ClN2O2/c1-18(2,3)17(23)21-15-6-4-5-14(11-15)20-16(22)12-7-9-13(19)10-8-12/h4-11H,1-3H3,(H,20,22)(H,21,23). The quantitative estimate of drug-likeness (QED) is 0.865. The van der Waals surface area contributed by atoms with Gasteiger partial charge in [0, 0.05) is 27.4 Å². The minimum atomic E-state index is -0.484. The van der Waals surface area contributed by atoms with Gasteiger partial charge in [-0.1, -0.05) is 38.4 Å². The summed E-state index contributed by atoms with van der Waals surface area (Å²) in [6, 6.07) is 13.7. The van der Waals surface area contributed by atoms with Crippen LogP contribution in [-0.2, 0) is 4.79 Å². The highest BCUT2D eigenvalue weighted by Crippen LogP contribution is 2.20. The van der Waals surface area contributed by atoms with Gasteiger partial charge >= 0.3 is 0 Å². The minimum absolute atomic E-state index is 0.0846. The maximum Gasteiger partial charge on any atom is 0.255 e. The van der Waals surface area contributed by atoms with Crippen molar-refractivity contribution >= 4 is 34.8 Å². The number of nitrogens with one attached hydrogen (secondary N) is 2. The number of hydrogen-bond acceptors (Lipinski definition) is 2. The lowest BCUT2D eigenvalue weighted by Crippen LogP contribution is -2.27. The van der Waals surface area contributed by atoms with Crippen molar-refractivity contribution in [1.82, 2.24) is 0 Å². The van der Waals surface area contributed by atoms with Crippen LogP contribution < -0.4 is 10.6 Å². The number of benzene rings is 2. The molecule has 4 nitrogen and oxygen atoms in total. The summed E-state index contributed by atoms with van der Waals surface area (Å²) in [5.74, 6) is -0.320. The zero-order chi connectivity index (χ0) is 17.0. The Hall–Kier alpha value is -2.33. The van der Waals surface area contributed by atoms with Crippen molar-refractivity contribution in [3.63, 3.8) is 0 Å². The van der Waals surface area contributed by atoms with Crippen LogP contribution in [0.15, 0.2) is 48.5 Å². The Bertz CT molecular complexity index is 719. The van der Waals surface area contributed by atoms with Crippen molar-refractivity contribution in [3.8, 4) is 0 Å². The molecule has 0 aliphatic carbocycles. The molecule has 2 rings (SSSR count). The van der Waals surface area contributed by atoms with Crippen LogP contribution in [0.3, 0.4) is 0 Å². The molecule has 2 aromatic rings. The van der Waals surface area contributed by atoms with Crippen LogP contribution >= 0.6 is 11.6 Å². The van der Waals surface area contributed by atoms with Gasteiger partial charge in [0.1, 0.15) is 0 Å². The van der Waals surface area contributed by atoms with E-state index in [1.54, 1.807) is 48.5 Å². The first-order valence-electron chi connectivity index (χ1n) is 7.24. The lowest BCUT2D eigenvalue weighted by atomic mass is 9.95. The Morgan fingerprint density at radius 3 is 2.04 bits per heavy atom. The van der Waals surface area contributed by atoms with Gasteiger partial charge in [-0.2, -0.15) is 0 Å². The van der Waals surface area contributed by atoms with Gasteiger partial charge < -0.3 is 10.6 Å². The molecule has 0 bridgehead atoms.